The molecule has 3 N–H and O–H groups in total. The second-order valence-corrected chi connectivity index (χ2v) is 8.75. The van der Waals surface area contributed by atoms with Gasteiger partial charge in [0.25, 0.3) is 0 Å². The number of aromatic nitrogens is 1. The smallest absolute Gasteiger partial charge is 0.397 e. The number of fused-ring (bicyclic) bond motifs is 1. The number of nitrogens with zero attached hydrogens (tertiary/aromatic N) is 1. The third kappa shape index (κ3) is 4.94. The van der Waals surface area contributed by atoms with Crippen LogP contribution in [0.5, 0.6) is 0 Å². The molecule has 2 aromatic carbocycles. The molecular weight excluding hydrogens is 434 g/mol. The van der Waals surface area contributed by atoms with Crippen molar-refractivity contribution in [2.24, 2.45) is 11.8 Å². The molecule has 174 valence electrons. The molecule has 0 aliphatic heterocycles. The SMILES string of the molecule is CC(C(=O)Nc1ccc(C(F)(F)F)cc1N)C1CCC(c2ccnc3ccc(F)cc23)CC1. The first-order valence-electron chi connectivity index (χ1n) is 10.9. The Morgan fingerprint density at radius 3 is 2.48 bits per heavy atom. The van der Waals surface area contributed by atoms with Gasteiger partial charge in [-0.15, -0.1) is 0 Å². The molecule has 1 aliphatic rings. The van der Waals surface area contributed by atoms with Gasteiger partial charge in [0.05, 0.1) is 22.5 Å². The van der Waals surface area contributed by atoms with Gasteiger partial charge in [-0.05, 0) is 85.5 Å². The fourth-order valence-electron chi connectivity index (χ4n) is 4.74. The molecule has 0 radical (unpaired) electrons. The Bertz CT molecular complexity index is 1170. The predicted molar refractivity (Wildman–Crippen MR) is 120 cm³/mol. The van der Waals surface area contributed by atoms with E-state index in [1.165, 1.54) is 18.2 Å². The maximum Gasteiger partial charge on any atom is 0.416 e. The summed E-state index contributed by atoms with van der Waals surface area (Å²) < 4.78 is 52.3. The lowest BCUT2D eigenvalue weighted by Gasteiger charge is -2.32. The number of benzene rings is 2. The summed E-state index contributed by atoms with van der Waals surface area (Å²) >= 11 is 0. The number of alkyl halides is 3. The van der Waals surface area contributed by atoms with E-state index in [0.29, 0.717) is 0 Å². The number of carbonyl (C=O) groups is 1. The summed E-state index contributed by atoms with van der Waals surface area (Å²) in [4.78, 5) is 17.1. The third-order valence-corrected chi connectivity index (χ3v) is 6.71. The second-order valence-electron chi connectivity index (χ2n) is 8.75. The van der Waals surface area contributed by atoms with Gasteiger partial charge in [0.15, 0.2) is 0 Å². The highest BCUT2D eigenvalue weighted by atomic mass is 19.4. The van der Waals surface area contributed by atoms with Gasteiger partial charge in [0, 0.05) is 17.5 Å². The second kappa shape index (κ2) is 9.00. The van der Waals surface area contributed by atoms with Crippen LogP contribution in [0.4, 0.5) is 28.9 Å². The third-order valence-electron chi connectivity index (χ3n) is 6.71. The number of rotatable bonds is 4. The first-order chi connectivity index (χ1) is 15.6. The van der Waals surface area contributed by atoms with Gasteiger partial charge < -0.3 is 11.1 Å². The lowest BCUT2D eigenvalue weighted by atomic mass is 9.73. The molecule has 1 fully saturated rings. The molecule has 1 saturated carbocycles. The molecule has 33 heavy (non-hydrogen) atoms. The average molecular weight is 459 g/mol. The Balaban J connectivity index is 1.40. The van der Waals surface area contributed by atoms with E-state index in [0.717, 1.165) is 54.3 Å². The monoisotopic (exact) mass is 459 g/mol. The quantitative estimate of drug-likeness (QED) is 0.345. The van der Waals surface area contributed by atoms with Gasteiger partial charge in [-0.3, -0.25) is 9.78 Å². The minimum atomic E-state index is -4.49. The molecule has 0 spiro atoms. The van der Waals surface area contributed by atoms with E-state index in [2.05, 4.69) is 10.3 Å². The molecule has 1 amide bonds. The molecular formula is C25H25F4N3O. The van der Waals surface area contributed by atoms with E-state index in [1.807, 2.05) is 13.0 Å². The molecule has 3 aromatic rings. The fraction of sp³-hybridized carbons (Fsp3) is 0.360. The average Bonchev–Trinajstić information content (AvgIpc) is 2.79. The van der Waals surface area contributed by atoms with Crippen LogP contribution in [0.3, 0.4) is 0 Å². The van der Waals surface area contributed by atoms with Gasteiger partial charge >= 0.3 is 6.18 Å². The van der Waals surface area contributed by atoms with Crippen molar-refractivity contribution in [3.8, 4) is 0 Å². The summed E-state index contributed by atoms with van der Waals surface area (Å²) in [6.07, 6.45) is 0.614. The van der Waals surface area contributed by atoms with Crippen molar-refractivity contribution >= 4 is 28.2 Å². The number of nitrogen functional groups attached to an aromatic ring is 1. The van der Waals surface area contributed by atoms with Gasteiger partial charge in [-0.25, -0.2) is 4.39 Å². The number of pyridine rings is 1. The minimum absolute atomic E-state index is 0.120. The molecule has 4 rings (SSSR count). The highest BCUT2D eigenvalue weighted by Gasteiger charge is 2.32. The van der Waals surface area contributed by atoms with Crippen molar-refractivity contribution < 1.29 is 22.4 Å². The summed E-state index contributed by atoms with van der Waals surface area (Å²) in [5, 5.41) is 3.50. The number of anilines is 2. The van der Waals surface area contributed by atoms with Crippen molar-refractivity contribution in [2.75, 3.05) is 11.1 Å². The van der Waals surface area contributed by atoms with Crippen molar-refractivity contribution in [1.29, 1.82) is 0 Å². The van der Waals surface area contributed by atoms with Crippen LogP contribution in [0.15, 0.2) is 48.7 Å². The van der Waals surface area contributed by atoms with Gasteiger partial charge in [0.1, 0.15) is 5.82 Å². The number of amides is 1. The van der Waals surface area contributed by atoms with Crippen LogP contribution in [-0.2, 0) is 11.0 Å². The molecule has 0 saturated heterocycles. The zero-order chi connectivity index (χ0) is 23.8. The Morgan fingerprint density at radius 1 is 1.09 bits per heavy atom. The first kappa shape index (κ1) is 23.0. The van der Waals surface area contributed by atoms with Crippen molar-refractivity contribution in [2.45, 2.75) is 44.7 Å². The molecule has 1 aromatic heterocycles. The van der Waals surface area contributed by atoms with E-state index in [9.17, 15) is 22.4 Å². The number of halogens is 4. The molecule has 1 unspecified atom stereocenters. The predicted octanol–water partition coefficient (Wildman–Crippen LogP) is 6.52. The van der Waals surface area contributed by atoms with Gasteiger partial charge in [-0.2, -0.15) is 13.2 Å². The molecule has 4 nitrogen and oxygen atoms in total. The van der Waals surface area contributed by atoms with E-state index in [-0.39, 0.29) is 40.9 Å². The van der Waals surface area contributed by atoms with Crippen LogP contribution < -0.4 is 11.1 Å². The molecule has 1 aliphatic carbocycles. The van der Waals surface area contributed by atoms with Gasteiger partial charge in [-0.1, -0.05) is 6.92 Å². The lowest BCUT2D eigenvalue weighted by molar-refractivity contribution is -0.137. The van der Waals surface area contributed by atoms with E-state index in [4.69, 9.17) is 5.73 Å². The van der Waals surface area contributed by atoms with Crippen molar-refractivity contribution in [3.63, 3.8) is 0 Å². The largest absolute Gasteiger partial charge is 0.416 e. The zero-order valence-corrected chi connectivity index (χ0v) is 18.1. The maximum absolute atomic E-state index is 13.8. The fourth-order valence-corrected chi connectivity index (χ4v) is 4.74. The van der Waals surface area contributed by atoms with E-state index >= 15 is 0 Å². The van der Waals surface area contributed by atoms with Crippen molar-refractivity contribution in [3.05, 3.63) is 65.6 Å². The number of carbonyl (C=O) groups excluding carboxylic acids is 1. The van der Waals surface area contributed by atoms with Gasteiger partial charge in [0.2, 0.25) is 5.91 Å². The lowest BCUT2D eigenvalue weighted by Crippen LogP contribution is -2.30. The van der Waals surface area contributed by atoms with Crippen LogP contribution in [0, 0.1) is 17.7 Å². The number of hydrogen-bond donors (Lipinski definition) is 2. The standard InChI is InChI=1S/C25H25F4N3O/c1-14(24(33)32-23-8-6-17(12-21(23)30)25(27,28)29)15-2-4-16(5-3-15)19-10-11-31-22-9-7-18(26)13-20(19)22/h6-16H,2-5,30H2,1H3,(H,32,33). The molecule has 0 bridgehead atoms. The summed E-state index contributed by atoms with van der Waals surface area (Å²) in [5.74, 6) is -0.477. The topological polar surface area (TPSA) is 68.0 Å². The number of nitrogens with two attached hydrogens (primary N) is 1. The van der Waals surface area contributed by atoms with Crippen LogP contribution in [-0.4, -0.2) is 10.9 Å². The summed E-state index contributed by atoms with van der Waals surface area (Å²) in [7, 11) is 0. The molecule has 1 heterocycles. The zero-order valence-electron chi connectivity index (χ0n) is 18.1. The Kier molecular flexibility index (Phi) is 6.28. The van der Waals surface area contributed by atoms with Crippen LogP contribution >= 0.6 is 0 Å². The summed E-state index contributed by atoms with van der Waals surface area (Å²) in [6.45, 7) is 1.83. The Labute approximate surface area is 189 Å². The first-order valence-corrected chi connectivity index (χ1v) is 10.9. The summed E-state index contributed by atoms with van der Waals surface area (Å²) in [5.41, 5.74) is 6.78. The van der Waals surface area contributed by atoms with Crippen LogP contribution in [0.25, 0.3) is 10.9 Å². The molecule has 1 atom stereocenters. The maximum atomic E-state index is 13.8. The van der Waals surface area contributed by atoms with E-state index in [1.54, 1.807) is 12.3 Å². The number of nitrogens with one attached hydrogen (secondary N) is 1. The highest BCUT2D eigenvalue weighted by Crippen LogP contribution is 2.41. The minimum Gasteiger partial charge on any atom is -0.397 e. The van der Waals surface area contributed by atoms with E-state index < -0.39 is 11.7 Å². The Morgan fingerprint density at radius 2 is 1.82 bits per heavy atom. The summed E-state index contributed by atoms with van der Waals surface area (Å²) in [6, 6.07) is 9.47. The highest BCUT2D eigenvalue weighted by molar-refractivity contribution is 5.95. The molecule has 8 heteroatoms. The van der Waals surface area contributed by atoms with Crippen molar-refractivity contribution in [1.82, 2.24) is 4.98 Å². The Hall–Kier alpha value is -3.16. The van der Waals surface area contributed by atoms with Crippen LogP contribution in [0.1, 0.15) is 49.7 Å². The van der Waals surface area contributed by atoms with Crippen LogP contribution in [0.2, 0.25) is 0 Å². The number of hydrogen-bond acceptors (Lipinski definition) is 3. The normalized spacial score (nSPS) is 19.9.